The van der Waals surface area contributed by atoms with Crippen LogP contribution in [0.5, 0.6) is 0 Å². The Morgan fingerprint density at radius 1 is 1.67 bits per heavy atom. The van der Waals surface area contributed by atoms with Gasteiger partial charge in [0.05, 0.1) is 13.2 Å². The van der Waals surface area contributed by atoms with Crippen molar-refractivity contribution >= 4 is 17.5 Å². The average molecular weight is 228 g/mol. The van der Waals surface area contributed by atoms with Gasteiger partial charge < -0.3 is 10.5 Å². The molecule has 0 aliphatic carbocycles. The van der Waals surface area contributed by atoms with E-state index in [0.717, 1.165) is 5.56 Å². The van der Waals surface area contributed by atoms with Crippen LogP contribution in [0.1, 0.15) is 16.1 Å². The van der Waals surface area contributed by atoms with Gasteiger partial charge in [0, 0.05) is 17.7 Å². The van der Waals surface area contributed by atoms with Crippen LogP contribution < -0.4 is 5.73 Å². The van der Waals surface area contributed by atoms with E-state index in [9.17, 15) is 4.79 Å². The van der Waals surface area contributed by atoms with Crippen molar-refractivity contribution in [3.05, 3.63) is 22.7 Å². The Morgan fingerprint density at radius 3 is 2.93 bits per heavy atom. The molecule has 1 fully saturated rings. The first-order valence-electron chi connectivity index (χ1n) is 4.56. The summed E-state index contributed by atoms with van der Waals surface area (Å²) in [6, 6.07) is 0. The summed E-state index contributed by atoms with van der Waals surface area (Å²) >= 11 is 5.59. The first-order chi connectivity index (χ1) is 7.16. The van der Waals surface area contributed by atoms with Crippen molar-refractivity contribution in [2.45, 2.75) is 6.42 Å². The van der Waals surface area contributed by atoms with Gasteiger partial charge >= 0.3 is 0 Å². The second-order valence-corrected chi connectivity index (χ2v) is 3.82. The normalized spacial score (nSPS) is 16.1. The smallest absolute Gasteiger partial charge is 0.267 e. The first kappa shape index (κ1) is 10.3. The van der Waals surface area contributed by atoms with Gasteiger partial charge in [0.15, 0.2) is 0 Å². The standard InChI is InChI=1S/C9H10ClN3O2/c10-9-12-2-6(1-5-3-15-4-5)7(13-9)8(11)14/h2,5H,1,3-4H2,(H2,11,14). The van der Waals surface area contributed by atoms with E-state index in [1.165, 1.54) is 0 Å². The molecule has 0 saturated carbocycles. The van der Waals surface area contributed by atoms with E-state index in [1.807, 2.05) is 0 Å². The molecule has 2 rings (SSSR count). The number of ether oxygens (including phenoxy) is 1. The quantitative estimate of drug-likeness (QED) is 0.759. The molecule has 1 aliphatic rings. The zero-order valence-corrected chi connectivity index (χ0v) is 8.70. The molecule has 1 aromatic heterocycles. The maximum Gasteiger partial charge on any atom is 0.267 e. The Morgan fingerprint density at radius 2 is 2.40 bits per heavy atom. The molecular formula is C9H10ClN3O2. The van der Waals surface area contributed by atoms with Crippen molar-refractivity contribution < 1.29 is 9.53 Å². The molecule has 80 valence electrons. The number of carbonyl (C=O) groups excluding carboxylic acids is 1. The van der Waals surface area contributed by atoms with E-state index < -0.39 is 5.91 Å². The molecule has 0 unspecified atom stereocenters. The Labute approximate surface area is 91.6 Å². The van der Waals surface area contributed by atoms with E-state index in [4.69, 9.17) is 22.1 Å². The SMILES string of the molecule is NC(=O)c1nc(Cl)ncc1CC1COC1. The van der Waals surface area contributed by atoms with E-state index in [-0.39, 0.29) is 11.0 Å². The number of nitrogens with zero attached hydrogens (tertiary/aromatic N) is 2. The molecule has 1 saturated heterocycles. The molecule has 1 aromatic rings. The molecule has 15 heavy (non-hydrogen) atoms. The summed E-state index contributed by atoms with van der Waals surface area (Å²) < 4.78 is 5.05. The van der Waals surface area contributed by atoms with Gasteiger partial charge in [0.25, 0.3) is 5.91 Å². The van der Waals surface area contributed by atoms with Crippen LogP contribution in [-0.4, -0.2) is 29.1 Å². The largest absolute Gasteiger partial charge is 0.381 e. The zero-order valence-electron chi connectivity index (χ0n) is 7.94. The third-order valence-electron chi connectivity index (χ3n) is 2.28. The summed E-state index contributed by atoms with van der Waals surface area (Å²) in [5, 5.41) is 0.0393. The number of amides is 1. The molecule has 6 heteroatoms. The number of nitrogens with two attached hydrogens (primary N) is 1. The van der Waals surface area contributed by atoms with Gasteiger partial charge in [-0.05, 0) is 18.0 Å². The molecule has 2 N–H and O–H groups in total. The summed E-state index contributed by atoms with van der Waals surface area (Å²) in [6.45, 7) is 1.42. The van der Waals surface area contributed by atoms with Gasteiger partial charge in [0.1, 0.15) is 5.69 Å². The highest BCUT2D eigenvalue weighted by Crippen LogP contribution is 2.18. The third-order valence-corrected chi connectivity index (χ3v) is 2.47. The predicted molar refractivity (Wildman–Crippen MR) is 53.6 cm³/mol. The minimum atomic E-state index is -0.574. The zero-order chi connectivity index (χ0) is 10.8. The van der Waals surface area contributed by atoms with Crippen LogP contribution >= 0.6 is 11.6 Å². The lowest BCUT2D eigenvalue weighted by Gasteiger charge is -2.26. The maximum atomic E-state index is 11.1. The number of halogens is 1. The van der Waals surface area contributed by atoms with Crippen molar-refractivity contribution in [1.29, 1.82) is 0 Å². The molecule has 0 spiro atoms. The lowest BCUT2D eigenvalue weighted by atomic mass is 9.98. The van der Waals surface area contributed by atoms with E-state index in [2.05, 4.69) is 9.97 Å². The highest BCUT2D eigenvalue weighted by molar-refractivity contribution is 6.28. The van der Waals surface area contributed by atoms with Gasteiger partial charge in [-0.2, -0.15) is 0 Å². The first-order valence-corrected chi connectivity index (χ1v) is 4.93. The fourth-order valence-corrected chi connectivity index (χ4v) is 1.59. The Balaban J connectivity index is 2.23. The molecule has 1 amide bonds. The highest BCUT2D eigenvalue weighted by atomic mass is 35.5. The summed E-state index contributed by atoms with van der Waals surface area (Å²) in [5.74, 6) is -0.151. The van der Waals surface area contributed by atoms with Crippen LogP contribution in [0.25, 0.3) is 0 Å². The lowest BCUT2D eigenvalue weighted by Crippen LogP contribution is -2.30. The molecule has 1 aliphatic heterocycles. The molecule has 0 radical (unpaired) electrons. The van der Waals surface area contributed by atoms with Crippen LogP contribution in [0.2, 0.25) is 5.28 Å². The molecular weight excluding hydrogens is 218 g/mol. The number of rotatable bonds is 3. The minimum absolute atomic E-state index is 0.0393. The van der Waals surface area contributed by atoms with Crippen LogP contribution in [0.3, 0.4) is 0 Å². The number of primary amides is 1. The maximum absolute atomic E-state index is 11.1. The lowest BCUT2D eigenvalue weighted by molar-refractivity contribution is -0.0313. The van der Waals surface area contributed by atoms with Crippen molar-refractivity contribution in [2.24, 2.45) is 11.7 Å². The number of carbonyl (C=O) groups is 1. The number of hydrogen-bond donors (Lipinski definition) is 1. The third kappa shape index (κ3) is 2.24. The summed E-state index contributed by atoms with van der Waals surface area (Å²) in [4.78, 5) is 18.8. The van der Waals surface area contributed by atoms with E-state index in [1.54, 1.807) is 6.20 Å². The second-order valence-electron chi connectivity index (χ2n) is 3.48. The summed E-state index contributed by atoms with van der Waals surface area (Å²) in [7, 11) is 0. The molecule has 2 heterocycles. The Hall–Kier alpha value is -1.20. The minimum Gasteiger partial charge on any atom is -0.381 e. The van der Waals surface area contributed by atoms with Crippen molar-refractivity contribution in [3.63, 3.8) is 0 Å². The second kappa shape index (κ2) is 4.12. The average Bonchev–Trinajstić information content (AvgIpc) is 2.12. The molecule has 0 atom stereocenters. The topological polar surface area (TPSA) is 78.1 Å². The molecule has 0 aromatic carbocycles. The highest BCUT2D eigenvalue weighted by Gasteiger charge is 2.22. The predicted octanol–water partition coefficient (Wildman–Crippen LogP) is 0.418. The van der Waals surface area contributed by atoms with Gasteiger partial charge in [-0.15, -0.1) is 0 Å². The monoisotopic (exact) mass is 227 g/mol. The summed E-state index contributed by atoms with van der Waals surface area (Å²) in [5.41, 5.74) is 6.15. The fourth-order valence-electron chi connectivity index (χ4n) is 1.46. The van der Waals surface area contributed by atoms with Gasteiger partial charge in [-0.1, -0.05) is 0 Å². The Bertz CT molecular complexity index is 393. The number of aromatic nitrogens is 2. The van der Waals surface area contributed by atoms with Gasteiger partial charge in [-0.3, -0.25) is 4.79 Å². The summed E-state index contributed by atoms with van der Waals surface area (Å²) in [6.07, 6.45) is 2.25. The van der Waals surface area contributed by atoms with E-state index >= 15 is 0 Å². The van der Waals surface area contributed by atoms with Crippen molar-refractivity contribution in [3.8, 4) is 0 Å². The van der Waals surface area contributed by atoms with Crippen molar-refractivity contribution in [1.82, 2.24) is 9.97 Å². The van der Waals surface area contributed by atoms with Crippen LogP contribution in [0, 0.1) is 5.92 Å². The fraction of sp³-hybridized carbons (Fsp3) is 0.444. The van der Waals surface area contributed by atoms with E-state index in [0.29, 0.717) is 25.6 Å². The van der Waals surface area contributed by atoms with Crippen LogP contribution in [0.15, 0.2) is 6.20 Å². The Kier molecular flexibility index (Phi) is 2.83. The van der Waals surface area contributed by atoms with Crippen molar-refractivity contribution in [2.75, 3.05) is 13.2 Å². The molecule has 5 nitrogen and oxygen atoms in total. The van der Waals surface area contributed by atoms with Crippen LogP contribution in [0.4, 0.5) is 0 Å². The number of hydrogen-bond acceptors (Lipinski definition) is 4. The van der Waals surface area contributed by atoms with Gasteiger partial charge in [-0.25, -0.2) is 9.97 Å². The van der Waals surface area contributed by atoms with Gasteiger partial charge in [0.2, 0.25) is 5.28 Å². The molecule has 0 bridgehead atoms. The van der Waals surface area contributed by atoms with Crippen LogP contribution in [-0.2, 0) is 11.2 Å².